The van der Waals surface area contributed by atoms with Crippen molar-refractivity contribution in [1.82, 2.24) is 10.6 Å². The quantitative estimate of drug-likeness (QED) is 0.321. The van der Waals surface area contributed by atoms with Crippen LogP contribution in [-0.4, -0.2) is 26.2 Å². The summed E-state index contributed by atoms with van der Waals surface area (Å²) in [5.74, 6) is 0. The van der Waals surface area contributed by atoms with Crippen molar-refractivity contribution in [3.8, 4) is 0 Å². The molecule has 3 aromatic carbocycles. The van der Waals surface area contributed by atoms with Gasteiger partial charge in [-0.1, -0.05) is 91.0 Å². The van der Waals surface area contributed by atoms with Gasteiger partial charge in [0, 0.05) is 0 Å². The highest BCUT2D eigenvalue weighted by molar-refractivity contribution is 5.49. The molecule has 0 saturated heterocycles. The van der Waals surface area contributed by atoms with Gasteiger partial charge in [0.2, 0.25) is 0 Å². The second kappa shape index (κ2) is 11.5. The fourth-order valence-electron chi connectivity index (χ4n) is 3.87. The highest BCUT2D eigenvalue weighted by Gasteiger charge is 2.35. The smallest absolute Gasteiger partial charge is 0.0947 e. The van der Waals surface area contributed by atoms with Gasteiger partial charge in [-0.2, -0.15) is 0 Å². The third kappa shape index (κ3) is 5.54. The van der Waals surface area contributed by atoms with Crippen molar-refractivity contribution < 1.29 is 0 Å². The van der Waals surface area contributed by atoms with Crippen LogP contribution in [0.15, 0.2) is 91.0 Å². The van der Waals surface area contributed by atoms with Gasteiger partial charge in [-0.25, -0.2) is 0 Å². The molecule has 0 unspecified atom stereocenters. The molecule has 0 aliphatic rings. The summed E-state index contributed by atoms with van der Waals surface area (Å²) in [5.41, 5.74) is 8.98. The molecule has 0 amide bonds. The van der Waals surface area contributed by atoms with E-state index in [2.05, 4.69) is 102 Å². The zero-order valence-corrected chi connectivity index (χ0v) is 17.2. The second-order valence-electron chi connectivity index (χ2n) is 7.37. The largest absolute Gasteiger partial charge is 0.330 e. The Balaban J connectivity index is 1.83. The SMILES string of the molecule is NCCCNCCCCNC(c1ccccc1)(c1ccccc1)c1ccccc1. The lowest BCUT2D eigenvalue weighted by Gasteiger charge is -2.37. The van der Waals surface area contributed by atoms with Crippen LogP contribution in [0.3, 0.4) is 0 Å². The normalized spacial score (nSPS) is 11.5. The Bertz CT molecular complexity index is 706. The van der Waals surface area contributed by atoms with Gasteiger partial charge in [-0.15, -0.1) is 0 Å². The number of nitrogens with one attached hydrogen (secondary N) is 2. The molecule has 0 radical (unpaired) electrons. The summed E-state index contributed by atoms with van der Waals surface area (Å²) < 4.78 is 0. The Morgan fingerprint density at radius 3 is 1.41 bits per heavy atom. The minimum Gasteiger partial charge on any atom is -0.330 e. The molecular weight excluding hydrogens is 354 g/mol. The molecule has 3 nitrogen and oxygen atoms in total. The average Bonchev–Trinajstić information content (AvgIpc) is 2.80. The summed E-state index contributed by atoms with van der Waals surface area (Å²) in [4.78, 5) is 0. The monoisotopic (exact) mass is 387 g/mol. The Hall–Kier alpha value is -2.46. The van der Waals surface area contributed by atoms with Gasteiger partial charge in [-0.3, -0.25) is 5.32 Å². The Labute approximate surface area is 175 Å². The van der Waals surface area contributed by atoms with Crippen molar-refractivity contribution in [3.63, 3.8) is 0 Å². The molecule has 3 aromatic rings. The summed E-state index contributed by atoms with van der Waals surface area (Å²) in [6.45, 7) is 3.74. The van der Waals surface area contributed by atoms with Crippen molar-refractivity contribution in [1.29, 1.82) is 0 Å². The number of hydrogen-bond acceptors (Lipinski definition) is 3. The molecule has 0 heterocycles. The van der Waals surface area contributed by atoms with Crippen LogP contribution in [-0.2, 0) is 5.54 Å². The lowest BCUT2D eigenvalue weighted by atomic mass is 9.77. The summed E-state index contributed by atoms with van der Waals surface area (Å²) in [6.07, 6.45) is 3.30. The van der Waals surface area contributed by atoms with Gasteiger partial charge in [0.1, 0.15) is 0 Å². The molecule has 0 aromatic heterocycles. The van der Waals surface area contributed by atoms with Gasteiger partial charge in [0.05, 0.1) is 5.54 Å². The van der Waals surface area contributed by atoms with Gasteiger partial charge in [0.25, 0.3) is 0 Å². The molecule has 3 rings (SSSR count). The van der Waals surface area contributed by atoms with Crippen molar-refractivity contribution in [2.75, 3.05) is 26.2 Å². The zero-order chi connectivity index (χ0) is 20.2. The van der Waals surface area contributed by atoms with Crippen LogP contribution in [0.2, 0.25) is 0 Å². The fraction of sp³-hybridized carbons (Fsp3) is 0.308. The number of benzene rings is 3. The molecule has 4 N–H and O–H groups in total. The summed E-state index contributed by atoms with van der Waals surface area (Å²) in [5, 5.41) is 7.41. The van der Waals surface area contributed by atoms with Crippen LogP contribution in [0, 0.1) is 0 Å². The maximum atomic E-state index is 5.55. The van der Waals surface area contributed by atoms with Crippen LogP contribution in [0.5, 0.6) is 0 Å². The topological polar surface area (TPSA) is 50.1 Å². The molecule has 0 atom stereocenters. The highest BCUT2D eigenvalue weighted by atomic mass is 15.0. The van der Waals surface area contributed by atoms with E-state index in [1.807, 2.05) is 0 Å². The first kappa shape index (κ1) is 21.3. The molecule has 0 fully saturated rings. The zero-order valence-electron chi connectivity index (χ0n) is 17.2. The average molecular weight is 388 g/mol. The maximum Gasteiger partial charge on any atom is 0.0947 e. The first-order valence-corrected chi connectivity index (χ1v) is 10.7. The molecule has 0 spiro atoms. The first-order chi connectivity index (χ1) is 14.4. The van der Waals surface area contributed by atoms with Gasteiger partial charge in [-0.05, 0) is 62.1 Å². The van der Waals surface area contributed by atoms with E-state index in [9.17, 15) is 0 Å². The third-order valence-corrected chi connectivity index (χ3v) is 5.35. The first-order valence-electron chi connectivity index (χ1n) is 10.7. The van der Waals surface area contributed by atoms with E-state index >= 15 is 0 Å². The van der Waals surface area contributed by atoms with E-state index in [1.54, 1.807) is 0 Å². The minimum absolute atomic E-state index is 0.364. The van der Waals surface area contributed by atoms with E-state index in [0.29, 0.717) is 0 Å². The van der Waals surface area contributed by atoms with Gasteiger partial charge >= 0.3 is 0 Å². The van der Waals surface area contributed by atoms with Crippen molar-refractivity contribution in [3.05, 3.63) is 108 Å². The Kier molecular flexibility index (Phi) is 8.44. The second-order valence-corrected chi connectivity index (χ2v) is 7.37. The number of hydrogen-bond donors (Lipinski definition) is 3. The van der Waals surface area contributed by atoms with Crippen molar-refractivity contribution >= 4 is 0 Å². The van der Waals surface area contributed by atoms with Crippen LogP contribution in [0.25, 0.3) is 0 Å². The van der Waals surface area contributed by atoms with E-state index in [-0.39, 0.29) is 5.54 Å². The lowest BCUT2D eigenvalue weighted by molar-refractivity contribution is 0.457. The van der Waals surface area contributed by atoms with Crippen LogP contribution < -0.4 is 16.4 Å². The molecule has 3 heteroatoms. The third-order valence-electron chi connectivity index (χ3n) is 5.35. The van der Waals surface area contributed by atoms with E-state index in [0.717, 1.165) is 45.4 Å². The van der Waals surface area contributed by atoms with E-state index < -0.39 is 0 Å². The van der Waals surface area contributed by atoms with Gasteiger partial charge < -0.3 is 11.1 Å². The van der Waals surface area contributed by atoms with Crippen LogP contribution in [0.1, 0.15) is 36.0 Å². The number of unbranched alkanes of at least 4 members (excludes halogenated alkanes) is 1. The van der Waals surface area contributed by atoms with Crippen LogP contribution in [0.4, 0.5) is 0 Å². The summed E-state index contributed by atoms with van der Waals surface area (Å²) in [7, 11) is 0. The summed E-state index contributed by atoms with van der Waals surface area (Å²) >= 11 is 0. The molecule has 0 aliphatic carbocycles. The predicted molar refractivity (Wildman–Crippen MR) is 123 cm³/mol. The lowest BCUT2D eigenvalue weighted by Crippen LogP contribution is -2.45. The van der Waals surface area contributed by atoms with Gasteiger partial charge in [0.15, 0.2) is 0 Å². The molecule has 152 valence electrons. The highest BCUT2D eigenvalue weighted by Crippen LogP contribution is 2.36. The standard InChI is InChI=1S/C26H33N3/c27-19-12-21-28-20-10-11-22-29-26(23-13-4-1-5-14-23,24-15-6-2-7-16-24)25-17-8-3-9-18-25/h1-9,13-18,28-29H,10-12,19-22,27H2. The summed E-state index contributed by atoms with van der Waals surface area (Å²) in [6, 6.07) is 32.3. The fourth-order valence-corrected chi connectivity index (χ4v) is 3.87. The van der Waals surface area contributed by atoms with Crippen molar-refractivity contribution in [2.45, 2.75) is 24.8 Å². The molecular formula is C26H33N3. The Morgan fingerprint density at radius 2 is 0.966 bits per heavy atom. The van der Waals surface area contributed by atoms with E-state index in [4.69, 9.17) is 5.73 Å². The van der Waals surface area contributed by atoms with Crippen molar-refractivity contribution in [2.24, 2.45) is 5.73 Å². The molecule has 0 saturated carbocycles. The number of rotatable bonds is 12. The molecule has 0 aliphatic heterocycles. The predicted octanol–water partition coefficient (Wildman–Crippen LogP) is 4.29. The maximum absolute atomic E-state index is 5.55. The Morgan fingerprint density at radius 1 is 0.552 bits per heavy atom. The molecule has 29 heavy (non-hydrogen) atoms. The van der Waals surface area contributed by atoms with E-state index in [1.165, 1.54) is 16.7 Å². The molecule has 0 bridgehead atoms. The van der Waals surface area contributed by atoms with Crippen LogP contribution >= 0.6 is 0 Å². The number of nitrogens with two attached hydrogens (primary N) is 1. The minimum atomic E-state index is -0.364.